The summed E-state index contributed by atoms with van der Waals surface area (Å²) in [6, 6.07) is 5.32. The highest BCUT2D eigenvalue weighted by Crippen LogP contribution is 2.38. The number of hydrogen-bond acceptors (Lipinski definition) is 4. The highest BCUT2D eigenvalue weighted by molar-refractivity contribution is 6.00. The average Bonchev–Trinajstić information content (AvgIpc) is 2.40. The molecule has 1 aromatic rings. The van der Waals surface area contributed by atoms with Crippen molar-refractivity contribution in [3.63, 3.8) is 0 Å². The summed E-state index contributed by atoms with van der Waals surface area (Å²) in [7, 11) is 0. The van der Waals surface area contributed by atoms with Gasteiger partial charge in [-0.25, -0.2) is 0 Å². The minimum Gasteiger partial charge on any atom is -0.486 e. The van der Waals surface area contributed by atoms with Crippen molar-refractivity contribution < 1.29 is 14.3 Å². The van der Waals surface area contributed by atoms with Crippen molar-refractivity contribution in [1.29, 1.82) is 0 Å². The van der Waals surface area contributed by atoms with E-state index in [0.717, 1.165) is 31.5 Å². The van der Waals surface area contributed by atoms with Crippen LogP contribution in [0.5, 0.6) is 5.75 Å². The molecule has 1 saturated heterocycles. The quantitative estimate of drug-likeness (QED) is 0.836. The Morgan fingerprint density at radius 3 is 2.80 bits per heavy atom. The van der Waals surface area contributed by atoms with E-state index in [1.165, 1.54) is 0 Å². The Balaban J connectivity index is 1.89. The summed E-state index contributed by atoms with van der Waals surface area (Å²) in [6.07, 6.45) is 2.26. The van der Waals surface area contributed by atoms with Gasteiger partial charge in [0.15, 0.2) is 5.78 Å². The lowest BCUT2D eigenvalue weighted by molar-refractivity contribution is -0.117. The van der Waals surface area contributed by atoms with Crippen LogP contribution < -0.4 is 15.8 Å². The number of nitrogens with two attached hydrogens (primary N) is 1. The van der Waals surface area contributed by atoms with Crippen LogP contribution in [0.4, 0.5) is 0 Å². The number of Topliss-reactive ketones (excluding diaryl/α,β-unsaturated/α-hetero) is 1. The van der Waals surface area contributed by atoms with Gasteiger partial charge in [-0.3, -0.25) is 9.59 Å². The first-order chi connectivity index (χ1) is 9.58. The van der Waals surface area contributed by atoms with Crippen LogP contribution in [-0.2, 0) is 11.2 Å². The minimum absolute atomic E-state index is 0.0967. The predicted octanol–water partition coefficient (Wildman–Crippen LogP) is 0.802. The van der Waals surface area contributed by atoms with Crippen LogP contribution in [0.3, 0.4) is 0 Å². The van der Waals surface area contributed by atoms with E-state index in [2.05, 4.69) is 5.32 Å². The molecule has 0 aromatic heterocycles. The Labute approximate surface area is 117 Å². The van der Waals surface area contributed by atoms with E-state index in [1.54, 1.807) is 18.2 Å². The van der Waals surface area contributed by atoms with Crippen LogP contribution in [0, 0.1) is 0 Å². The molecule has 0 bridgehead atoms. The molecule has 1 spiro atoms. The molecule has 20 heavy (non-hydrogen) atoms. The van der Waals surface area contributed by atoms with Gasteiger partial charge in [0.25, 0.3) is 0 Å². The topological polar surface area (TPSA) is 81.4 Å². The van der Waals surface area contributed by atoms with Crippen molar-refractivity contribution in [2.24, 2.45) is 5.73 Å². The SMILES string of the molecule is NC(=O)Cc1ccc2c(c1)C(=O)CC1(CCNCC1)O2. The number of nitrogens with one attached hydrogen (secondary N) is 1. The first-order valence-corrected chi connectivity index (χ1v) is 6.92. The standard InChI is InChI=1S/C15H18N2O3/c16-14(19)8-10-1-2-13-11(7-10)12(18)9-15(20-13)3-5-17-6-4-15/h1-2,7,17H,3-6,8-9H2,(H2,16,19). The zero-order valence-corrected chi connectivity index (χ0v) is 11.3. The molecule has 0 atom stereocenters. The molecule has 3 N–H and O–H groups in total. The molecule has 5 nitrogen and oxygen atoms in total. The molecule has 106 valence electrons. The van der Waals surface area contributed by atoms with E-state index in [-0.39, 0.29) is 17.8 Å². The number of fused-ring (bicyclic) bond motifs is 1. The third-order valence-electron chi connectivity index (χ3n) is 4.05. The zero-order chi connectivity index (χ0) is 14.2. The molecule has 3 rings (SSSR count). The average molecular weight is 274 g/mol. The number of benzene rings is 1. The molecule has 0 radical (unpaired) electrons. The highest BCUT2D eigenvalue weighted by Gasteiger charge is 2.41. The number of ether oxygens (including phenoxy) is 1. The van der Waals surface area contributed by atoms with Gasteiger partial charge >= 0.3 is 0 Å². The van der Waals surface area contributed by atoms with Gasteiger partial charge in [-0.15, -0.1) is 0 Å². The van der Waals surface area contributed by atoms with Crippen molar-refractivity contribution in [2.75, 3.05) is 13.1 Å². The van der Waals surface area contributed by atoms with E-state index in [1.807, 2.05) is 0 Å². The van der Waals surface area contributed by atoms with Crippen LogP contribution in [0.15, 0.2) is 18.2 Å². The first-order valence-electron chi connectivity index (χ1n) is 6.92. The summed E-state index contributed by atoms with van der Waals surface area (Å²) in [5, 5.41) is 3.28. The van der Waals surface area contributed by atoms with Gasteiger partial charge in [0.05, 0.1) is 18.4 Å². The zero-order valence-electron chi connectivity index (χ0n) is 11.3. The molecule has 0 aliphatic carbocycles. The van der Waals surface area contributed by atoms with Crippen molar-refractivity contribution >= 4 is 11.7 Å². The van der Waals surface area contributed by atoms with Crippen molar-refractivity contribution in [1.82, 2.24) is 5.32 Å². The van der Waals surface area contributed by atoms with Gasteiger partial charge in [0.1, 0.15) is 11.4 Å². The molecule has 1 amide bonds. The Hall–Kier alpha value is -1.88. The van der Waals surface area contributed by atoms with Crippen LogP contribution in [0.25, 0.3) is 0 Å². The van der Waals surface area contributed by atoms with Gasteiger partial charge in [0, 0.05) is 12.8 Å². The summed E-state index contributed by atoms with van der Waals surface area (Å²) in [6.45, 7) is 1.75. The molecule has 2 aliphatic rings. The normalized spacial score (nSPS) is 20.3. The van der Waals surface area contributed by atoms with E-state index in [0.29, 0.717) is 17.7 Å². The molecule has 1 aromatic carbocycles. The number of ketones is 1. The maximum absolute atomic E-state index is 12.4. The Morgan fingerprint density at radius 1 is 1.35 bits per heavy atom. The maximum Gasteiger partial charge on any atom is 0.221 e. The first kappa shape index (κ1) is 13.1. The second-order valence-corrected chi connectivity index (χ2v) is 5.61. The molecular formula is C15H18N2O3. The lowest BCUT2D eigenvalue weighted by atomic mass is 9.82. The van der Waals surface area contributed by atoms with E-state index in [9.17, 15) is 9.59 Å². The van der Waals surface area contributed by atoms with Crippen molar-refractivity contribution in [2.45, 2.75) is 31.3 Å². The number of primary amides is 1. The highest BCUT2D eigenvalue weighted by atomic mass is 16.5. The fourth-order valence-corrected chi connectivity index (χ4v) is 3.01. The predicted molar refractivity (Wildman–Crippen MR) is 73.8 cm³/mol. The Morgan fingerprint density at radius 2 is 2.10 bits per heavy atom. The van der Waals surface area contributed by atoms with Gasteiger partial charge < -0.3 is 15.8 Å². The van der Waals surface area contributed by atoms with Gasteiger partial charge in [-0.1, -0.05) is 6.07 Å². The second-order valence-electron chi connectivity index (χ2n) is 5.61. The number of carbonyl (C=O) groups is 2. The molecule has 0 unspecified atom stereocenters. The molecule has 2 heterocycles. The van der Waals surface area contributed by atoms with E-state index in [4.69, 9.17) is 10.5 Å². The summed E-state index contributed by atoms with van der Waals surface area (Å²) in [4.78, 5) is 23.3. The molecule has 1 fully saturated rings. The van der Waals surface area contributed by atoms with E-state index < -0.39 is 5.91 Å². The minimum atomic E-state index is -0.399. The Bertz CT molecular complexity index is 562. The van der Waals surface area contributed by atoms with Crippen LogP contribution in [0.2, 0.25) is 0 Å². The number of rotatable bonds is 2. The van der Waals surface area contributed by atoms with Crippen LogP contribution in [0.1, 0.15) is 35.2 Å². The smallest absolute Gasteiger partial charge is 0.221 e. The number of carbonyl (C=O) groups excluding carboxylic acids is 2. The molecule has 2 aliphatic heterocycles. The summed E-state index contributed by atoms with van der Waals surface area (Å²) in [5.74, 6) is 0.333. The van der Waals surface area contributed by atoms with Gasteiger partial charge in [0.2, 0.25) is 5.91 Å². The lowest BCUT2D eigenvalue weighted by Gasteiger charge is -2.40. The van der Waals surface area contributed by atoms with Gasteiger partial charge in [-0.2, -0.15) is 0 Å². The van der Waals surface area contributed by atoms with Crippen molar-refractivity contribution in [3.05, 3.63) is 29.3 Å². The number of piperidine rings is 1. The molecule has 0 saturated carbocycles. The monoisotopic (exact) mass is 274 g/mol. The van der Waals surface area contributed by atoms with Crippen LogP contribution in [-0.4, -0.2) is 30.4 Å². The third kappa shape index (κ3) is 2.41. The fourth-order valence-electron chi connectivity index (χ4n) is 3.01. The summed E-state index contributed by atoms with van der Waals surface area (Å²) in [5.41, 5.74) is 6.17. The fraction of sp³-hybridized carbons (Fsp3) is 0.467. The second kappa shape index (κ2) is 4.90. The maximum atomic E-state index is 12.4. The third-order valence-corrected chi connectivity index (χ3v) is 4.05. The summed E-state index contributed by atoms with van der Waals surface area (Å²) >= 11 is 0. The molecule has 5 heteroatoms. The Kier molecular flexibility index (Phi) is 3.22. The van der Waals surface area contributed by atoms with Crippen molar-refractivity contribution in [3.8, 4) is 5.75 Å². The molecular weight excluding hydrogens is 256 g/mol. The van der Waals surface area contributed by atoms with E-state index >= 15 is 0 Å². The van der Waals surface area contributed by atoms with Crippen LogP contribution >= 0.6 is 0 Å². The van der Waals surface area contributed by atoms with Gasteiger partial charge in [-0.05, 0) is 30.8 Å². The summed E-state index contributed by atoms with van der Waals surface area (Å²) < 4.78 is 6.11. The lowest BCUT2D eigenvalue weighted by Crippen LogP contribution is -2.49. The number of hydrogen-bond donors (Lipinski definition) is 2. The number of amides is 1. The largest absolute Gasteiger partial charge is 0.486 e.